The molecule has 0 fully saturated rings. The fourth-order valence-electron chi connectivity index (χ4n) is 2.84. The Morgan fingerprint density at radius 3 is 2.50 bits per heavy atom. The molecule has 0 saturated carbocycles. The van der Waals surface area contributed by atoms with Gasteiger partial charge in [-0.25, -0.2) is 0 Å². The zero-order valence-corrected chi connectivity index (χ0v) is 11.1. The maximum atomic E-state index is 10.1. The van der Waals surface area contributed by atoms with Gasteiger partial charge in [0.1, 0.15) is 0 Å². The van der Waals surface area contributed by atoms with E-state index in [4.69, 9.17) is 5.73 Å². The molecule has 0 radical (unpaired) electrons. The van der Waals surface area contributed by atoms with Crippen LogP contribution in [0.15, 0.2) is 48.5 Å². The fraction of sp³-hybridized carbons (Fsp3) is 0.176. The summed E-state index contributed by atoms with van der Waals surface area (Å²) < 4.78 is 0. The van der Waals surface area contributed by atoms with E-state index in [1.807, 2.05) is 24.3 Å². The van der Waals surface area contributed by atoms with E-state index in [-0.39, 0.29) is 17.4 Å². The van der Waals surface area contributed by atoms with Crippen molar-refractivity contribution in [3.05, 3.63) is 65.2 Å². The first-order chi connectivity index (χ1) is 9.70. The predicted octanol–water partition coefficient (Wildman–Crippen LogP) is 2.78. The summed E-state index contributed by atoms with van der Waals surface area (Å²) in [6, 6.07) is 13.5. The highest BCUT2D eigenvalue weighted by Gasteiger charge is 2.24. The maximum absolute atomic E-state index is 10.1. The van der Waals surface area contributed by atoms with Gasteiger partial charge in [0.25, 0.3) is 0 Å². The monoisotopic (exact) mass is 267 g/mol. The van der Waals surface area contributed by atoms with Crippen LogP contribution in [0.5, 0.6) is 11.5 Å². The Labute approximate surface area is 118 Å². The smallest absolute Gasteiger partial charge is 0.161 e. The Bertz CT molecular complexity index is 662. The van der Waals surface area contributed by atoms with Crippen LogP contribution in [0.3, 0.4) is 0 Å². The highest BCUT2D eigenvalue weighted by Crippen LogP contribution is 2.41. The van der Waals surface area contributed by atoms with Crippen LogP contribution in [0.25, 0.3) is 5.57 Å². The van der Waals surface area contributed by atoms with Gasteiger partial charge in [-0.1, -0.05) is 42.5 Å². The number of aromatic hydroxyl groups is 2. The third-order valence-corrected chi connectivity index (χ3v) is 3.88. The molecule has 2 aromatic carbocycles. The van der Waals surface area contributed by atoms with Crippen molar-refractivity contribution in [2.75, 3.05) is 6.54 Å². The predicted molar refractivity (Wildman–Crippen MR) is 79.7 cm³/mol. The van der Waals surface area contributed by atoms with Gasteiger partial charge in [-0.3, -0.25) is 0 Å². The molecular formula is C17H17NO2. The second kappa shape index (κ2) is 5.02. The SMILES string of the molecule is NCC1=CC(c2ccccc2)Cc2c1ccc(O)c2O. The molecule has 1 aliphatic carbocycles. The number of allylic oxidation sites excluding steroid dienone is 1. The van der Waals surface area contributed by atoms with Crippen molar-refractivity contribution in [2.24, 2.45) is 5.73 Å². The molecule has 0 saturated heterocycles. The third-order valence-electron chi connectivity index (χ3n) is 3.88. The van der Waals surface area contributed by atoms with Crippen LogP contribution < -0.4 is 5.73 Å². The van der Waals surface area contributed by atoms with Crippen molar-refractivity contribution in [1.29, 1.82) is 0 Å². The first-order valence-corrected chi connectivity index (χ1v) is 6.70. The van der Waals surface area contributed by atoms with Crippen LogP contribution in [0, 0.1) is 0 Å². The molecule has 3 nitrogen and oxygen atoms in total. The second-order valence-electron chi connectivity index (χ2n) is 5.08. The van der Waals surface area contributed by atoms with E-state index in [1.165, 1.54) is 11.6 Å². The van der Waals surface area contributed by atoms with Crippen LogP contribution in [-0.4, -0.2) is 16.8 Å². The zero-order valence-electron chi connectivity index (χ0n) is 11.1. The third kappa shape index (κ3) is 2.06. The van der Waals surface area contributed by atoms with Crippen LogP contribution in [0.4, 0.5) is 0 Å². The average Bonchev–Trinajstić information content (AvgIpc) is 2.51. The summed E-state index contributed by atoms with van der Waals surface area (Å²) >= 11 is 0. The second-order valence-corrected chi connectivity index (χ2v) is 5.08. The van der Waals surface area contributed by atoms with Gasteiger partial charge in [0, 0.05) is 18.0 Å². The Balaban J connectivity index is 2.10. The van der Waals surface area contributed by atoms with Gasteiger partial charge in [-0.15, -0.1) is 0 Å². The lowest BCUT2D eigenvalue weighted by Crippen LogP contribution is -2.14. The molecule has 0 heterocycles. The first-order valence-electron chi connectivity index (χ1n) is 6.70. The molecule has 1 aliphatic rings. The van der Waals surface area contributed by atoms with Crippen molar-refractivity contribution in [2.45, 2.75) is 12.3 Å². The number of phenolic OH excluding ortho intramolecular Hbond substituents is 2. The zero-order chi connectivity index (χ0) is 14.1. The van der Waals surface area contributed by atoms with Crippen molar-refractivity contribution >= 4 is 5.57 Å². The van der Waals surface area contributed by atoms with E-state index in [0.717, 1.165) is 16.7 Å². The maximum Gasteiger partial charge on any atom is 0.161 e. The number of hydrogen-bond donors (Lipinski definition) is 3. The van der Waals surface area contributed by atoms with Gasteiger partial charge in [0.2, 0.25) is 0 Å². The quantitative estimate of drug-likeness (QED) is 0.733. The lowest BCUT2D eigenvalue weighted by molar-refractivity contribution is 0.398. The minimum atomic E-state index is -0.0752. The average molecular weight is 267 g/mol. The molecule has 3 rings (SSSR count). The van der Waals surface area contributed by atoms with E-state index in [9.17, 15) is 10.2 Å². The Morgan fingerprint density at radius 2 is 1.80 bits per heavy atom. The summed E-state index contributed by atoms with van der Waals surface area (Å²) in [5, 5.41) is 19.8. The number of phenols is 2. The van der Waals surface area contributed by atoms with Gasteiger partial charge in [0.15, 0.2) is 11.5 Å². The molecular weight excluding hydrogens is 250 g/mol. The van der Waals surface area contributed by atoms with E-state index >= 15 is 0 Å². The Morgan fingerprint density at radius 1 is 1.05 bits per heavy atom. The lowest BCUT2D eigenvalue weighted by atomic mass is 9.81. The highest BCUT2D eigenvalue weighted by atomic mass is 16.3. The van der Waals surface area contributed by atoms with Gasteiger partial charge < -0.3 is 15.9 Å². The molecule has 0 spiro atoms. The highest BCUT2D eigenvalue weighted by molar-refractivity contribution is 5.76. The summed E-state index contributed by atoms with van der Waals surface area (Å²) in [4.78, 5) is 0. The van der Waals surface area contributed by atoms with Crippen LogP contribution >= 0.6 is 0 Å². The standard InChI is InChI=1S/C17H17NO2/c18-10-13-8-12(11-4-2-1-3-5-11)9-15-14(13)6-7-16(19)17(15)20/h1-8,12,19-20H,9-10,18H2. The molecule has 4 N–H and O–H groups in total. The fourth-order valence-corrected chi connectivity index (χ4v) is 2.84. The van der Waals surface area contributed by atoms with E-state index < -0.39 is 0 Å². The summed E-state index contributed by atoms with van der Waals surface area (Å²) in [6.45, 7) is 0.417. The summed E-state index contributed by atoms with van der Waals surface area (Å²) in [6.07, 6.45) is 2.83. The molecule has 0 aliphatic heterocycles. The summed E-state index contributed by atoms with van der Waals surface area (Å²) in [5.74, 6) is 0.0752. The molecule has 0 aromatic heterocycles. The van der Waals surface area contributed by atoms with Gasteiger partial charge in [0.05, 0.1) is 0 Å². The van der Waals surface area contributed by atoms with Crippen LogP contribution in [-0.2, 0) is 6.42 Å². The minimum Gasteiger partial charge on any atom is -0.504 e. The molecule has 0 bridgehead atoms. The number of fused-ring (bicyclic) bond motifs is 1. The minimum absolute atomic E-state index is 0.0255. The summed E-state index contributed by atoms with van der Waals surface area (Å²) in [7, 11) is 0. The van der Waals surface area contributed by atoms with Gasteiger partial charge in [-0.05, 0) is 29.2 Å². The van der Waals surface area contributed by atoms with Gasteiger partial charge in [-0.2, -0.15) is 0 Å². The van der Waals surface area contributed by atoms with Crippen LogP contribution in [0.2, 0.25) is 0 Å². The van der Waals surface area contributed by atoms with Crippen LogP contribution in [0.1, 0.15) is 22.6 Å². The normalized spacial score (nSPS) is 17.4. The Hall–Kier alpha value is -2.26. The molecule has 1 atom stereocenters. The van der Waals surface area contributed by atoms with Crippen molar-refractivity contribution in [3.8, 4) is 11.5 Å². The number of nitrogens with two attached hydrogens (primary N) is 1. The number of benzene rings is 2. The molecule has 3 heteroatoms. The van der Waals surface area contributed by atoms with E-state index in [2.05, 4.69) is 18.2 Å². The lowest BCUT2D eigenvalue weighted by Gasteiger charge is -2.25. The number of rotatable bonds is 2. The van der Waals surface area contributed by atoms with Gasteiger partial charge >= 0.3 is 0 Å². The molecule has 0 amide bonds. The molecule has 20 heavy (non-hydrogen) atoms. The van der Waals surface area contributed by atoms with E-state index in [1.54, 1.807) is 0 Å². The summed E-state index contributed by atoms with van der Waals surface area (Å²) in [5.41, 5.74) is 9.75. The first kappa shape index (κ1) is 12.8. The molecule has 1 unspecified atom stereocenters. The largest absolute Gasteiger partial charge is 0.504 e. The molecule has 102 valence electrons. The van der Waals surface area contributed by atoms with Crippen molar-refractivity contribution in [1.82, 2.24) is 0 Å². The number of hydrogen-bond acceptors (Lipinski definition) is 3. The van der Waals surface area contributed by atoms with Crippen molar-refractivity contribution < 1.29 is 10.2 Å². The molecule has 2 aromatic rings. The topological polar surface area (TPSA) is 66.5 Å². The Kier molecular flexibility index (Phi) is 3.20. The van der Waals surface area contributed by atoms with Crippen molar-refractivity contribution in [3.63, 3.8) is 0 Å². The van der Waals surface area contributed by atoms with E-state index in [0.29, 0.717) is 13.0 Å².